The maximum Gasteiger partial charge on any atom is 0.151 e. The predicted octanol–water partition coefficient (Wildman–Crippen LogP) is 1.50. The minimum Gasteiger partial charge on any atom is -0.404 e. The second-order valence-corrected chi connectivity index (χ2v) is 3.52. The fraction of sp³-hybridized carbons (Fsp3) is 0.273. The number of nitrogens with two attached hydrogens (primary N) is 2. The Balaban J connectivity index is 2.68. The van der Waals surface area contributed by atoms with Gasteiger partial charge in [-0.25, -0.2) is 14.4 Å². The van der Waals surface area contributed by atoms with Gasteiger partial charge in [0.05, 0.1) is 6.20 Å². The molecule has 0 bridgehead atoms. The van der Waals surface area contributed by atoms with Crippen molar-refractivity contribution in [2.24, 2.45) is 16.5 Å². The van der Waals surface area contributed by atoms with E-state index in [4.69, 9.17) is 11.5 Å². The maximum absolute atomic E-state index is 12.6. The van der Waals surface area contributed by atoms with Gasteiger partial charge in [-0.05, 0) is 37.3 Å². The number of halogens is 1. The largest absolute Gasteiger partial charge is 0.404 e. The van der Waals surface area contributed by atoms with Gasteiger partial charge in [-0.1, -0.05) is 0 Å². The molecule has 1 aromatic rings. The highest BCUT2D eigenvalue weighted by molar-refractivity contribution is 5.80. The zero-order chi connectivity index (χ0) is 12.0. The molecule has 0 radical (unpaired) electrons. The Labute approximate surface area is 93.9 Å². The Kier molecular flexibility index (Phi) is 4.60. The van der Waals surface area contributed by atoms with Crippen LogP contribution in [0.4, 0.5) is 10.2 Å². The normalized spacial score (nSPS) is 14.3. The monoisotopic (exact) mass is 222 g/mol. The summed E-state index contributed by atoms with van der Waals surface area (Å²) >= 11 is 0. The van der Waals surface area contributed by atoms with Crippen molar-refractivity contribution in [1.29, 1.82) is 0 Å². The molecule has 16 heavy (non-hydrogen) atoms. The van der Waals surface area contributed by atoms with Gasteiger partial charge in [0.2, 0.25) is 0 Å². The number of aliphatic imine (C=N–C) groups is 1. The molecule has 1 unspecified atom stereocenters. The maximum atomic E-state index is 12.6. The van der Waals surface area contributed by atoms with E-state index in [1.54, 1.807) is 6.21 Å². The Morgan fingerprint density at radius 1 is 1.62 bits per heavy atom. The lowest BCUT2D eigenvalue weighted by atomic mass is 10.1. The van der Waals surface area contributed by atoms with Gasteiger partial charge in [0, 0.05) is 12.3 Å². The second-order valence-electron chi connectivity index (χ2n) is 3.52. The van der Waals surface area contributed by atoms with Gasteiger partial charge < -0.3 is 11.5 Å². The minimum atomic E-state index is -0.385. The molecule has 0 aliphatic carbocycles. The highest BCUT2D eigenvalue weighted by Crippen LogP contribution is 2.08. The molecule has 0 aromatic carbocycles. The molecule has 86 valence electrons. The molecule has 0 saturated carbocycles. The summed E-state index contributed by atoms with van der Waals surface area (Å²) < 4.78 is 12.6. The van der Waals surface area contributed by atoms with Gasteiger partial charge in [0.15, 0.2) is 5.82 Å². The van der Waals surface area contributed by atoms with Gasteiger partial charge in [0.1, 0.15) is 5.82 Å². The first-order chi connectivity index (χ1) is 7.61. The molecule has 1 atom stereocenters. The summed E-state index contributed by atoms with van der Waals surface area (Å²) in [5, 5.41) is 0. The smallest absolute Gasteiger partial charge is 0.151 e. The third kappa shape index (κ3) is 4.18. The van der Waals surface area contributed by atoms with E-state index < -0.39 is 0 Å². The molecule has 1 aromatic heterocycles. The van der Waals surface area contributed by atoms with Crippen LogP contribution in [0.3, 0.4) is 0 Å². The van der Waals surface area contributed by atoms with Crippen molar-refractivity contribution in [1.82, 2.24) is 4.98 Å². The SMILES string of the molecule is CC(N)CC(C=Nc1ccc(F)cn1)=CN. The first-order valence-corrected chi connectivity index (χ1v) is 4.94. The van der Waals surface area contributed by atoms with E-state index in [1.807, 2.05) is 6.92 Å². The Bertz CT molecular complexity index is 381. The fourth-order valence-electron chi connectivity index (χ4n) is 1.13. The van der Waals surface area contributed by atoms with Crippen LogP contribution in [0, 0.1) is 5.82 Å². The number of hydrogen-bond acceptors (Lipinski definition) is 4. The number of hydrogen-bond donors (Lipinski definition) is 2. The molecule has 0 spiro atoms. The molecule has 1 rings (SSSR count). The Morgan fingerprint density at radius 3 is 2.88 bits per heavy atom. The molecule has 4 nitrogen and oxygen atoms in total. The summed E-state index contributed by atoms with van der Waals surface area (Å²) in [7, 11) is 0. The van der Waals surface area contributed by atoms with Crippen molar-refractivity contribution in [3.05, 3.63) is 35.9 Å². The van der Waals surface area contributed by atoms with E-state index in [-0.39, 0.29) is 11.9 Å². The third-order valence-electron chi connectivity index (χ3n) is 1.85. The first kappa shape index (κ1) is 12.3. The van der Waals surface area contributed by atoms with Crippen LogP contribution in [-0.4, -0.2) is 17.2 Å². The Morgan fingerprint density at radius 2 is 2.38 bits per heavy atom. The second kappa shape index (κ2) is 5.97. The third-order valence-corrected chi connectivity index (χ3v) is 1.85. The molecule has 0 amide bonds. The number of aromatic nitrogens is 1. The average molecular weight is 222 g/mol. The topological polar surface area (TPSA) is 77.3 Å². The van der Waals surface area contributed by atoms with Crippen LogP contribution in [0.15, 0.2) is 35.1 Å². The van der Waals surface area contributed by atoms with Crippen molar-refractivity contribution in [3.63, 3.8) is 0 Å². The molecule has 0 fully saturated rings. The molecule has 1 heterocycles. The van der Waals surface area contributed by atoms with E-state index >= 15 is 0 Å². The van der Waals surface area contributed by atoms with Crippen molar-refractivity contribution < 1.29 is 4.39 Å². The van der Waals surface area contributed by atoms with Gasteiger partial charge >= 0.3 is 0 Å². The van der Waals surface area contributed by atoms with E-state index in [1.165, 1.54) is 18.3 Å². The van der Waals surface area contributed by atoms with Crippen LogP contribution in [-0.2, 0) is 0 Å². The molecule has 4 N–H and O–H groups in total. The van der Waals surface area contributed by atoms with Crippen molar-refractivity contribution in [2.75, 3.05) is 0 Å². The molecule has 5 heteroatoms. The average Bonchev–Trinajstić information content (AvgIpc) is 2.26. The summed E-state index contributed by atoms with van der Waals surface area (Å²) in [5.74, 6) is 0.0505. The summed E-state index contributed by atoms with van der Waals surface area (Å²) in [6.07, 6.45) is 4.80. The zero-order valence-corrected chi connectivity index (χ0v) is 9.10. The number of rotatable bonds is 4. The lowest BCUT2D eigenvalue weighted by Crippen LogP contribution is -2.16. The lowest BCUT2D eigenvalue weighted by molar-refractivity contribution is 0.621. The lowest BCUT2D eigenvalue weighted by Gasteiger charge is -2.03. The van der Waals surface area contributed by atoms with E-state index in [9.17, 15) is 4.39 Å². The summed E-state index contributed by atoms with van der Waals surface area (Å²) in [6.45, 7) is 1.88. The molecular weight excluding hydrogens is 207 g/mol. The van der Waals surface area contributed by atoms with Crippen molar-refractivity contribution in [3.8, 4) is 0 Å². The van der Waals surface area contributed by atoms with Crippen LogP contribution in [0.2, 0.25) is 0 Å². The van der Waals surface area contributed by atoms with E-state index in [0.29, 0.717) is 12.2 Å². The van der Waals surface area contributed by atoms with Crippen LogP contribution >= 0.6 is 0 Å². The van der Waals surface area contributed by atoms with Gasteiger partial charge in [-0.2, -0.15) is 0 Å². The molecular formula is C11H15FN4. The van der Waals surface area contributed by atoms with E-state index in [0.717, 1.165) is 11.8 Å². The molecule has 0 aliphatic rings. The van der Waals surface area contributed by atoms with Crippen LogP contribution in [0.1, 0.15) is 13.3 Å². The first-order valence-electron chi connectivity index (χ1n) is 4.94. The number of pyridine rings is 1. The van der Waals surface area contributed by atoms with E-state index in [2.05, 4.69) is 9.98 Å². The van der Waals surface area contributed by atoms with Crippen LogP contribution in [0.25, 0.3) is 0 Å². The van der Waals surface area contributed by atoms with Crippen molar-refractivity contribution >= 4 is 12.0 Å². The number of nitrogens with zero attached hydrogens (tertiary/aromatic N) is 2. The molecule has 0 aliphatic heterocycles. The summed E-state index contributed by atoms with van der Waals surface area (Å²) in [5.41, 5.74) is 11.9. The Hall–Kier alpha value is -1.75. The van der Waals surface area contributed by atoms with Gasteiger partial charge in [-0.3, -0.25) is 0 Å². The van der Waals surface area contributed by atoms with Gasteiger partial charge in [-0.15, -0.1) is 0 Å². The van der Waals surface area contributed by atoms with Crippen molar-refractivity contribution in [2.45, 2.75) is 19.4 Å². The molecule has 0 saturated heterocycles. The zero-order valence-electron chi connectivity index (χ0n) is 9.10. The highest BCUT2D eigenvalue weighted by Gasteiger charge is 1.98. The minimum absolute atomic E-state index is 0.0161. The standard InChI is InChI=1S/C11H15FN4/c1-8(14)4-9(5-13)6-15-11-3-2-10(12)7-16-11/h2-3,5-8H,4,13-14H2,1H3. The quantitative estimate of drug-likeness (QED) is 0.758. The van der Waals surface area contributed by atoms with Crippen LogP contribution < -0.4 is 11.5 Å². The fourth-order valence-corrected chi connectivity index (χ4v) is 1.13. The summed E-state index contributed by atoms with van der Waals surface area (Å²) in [4.78, 5) is 7.86. The predicted molar refractivity (Wildman–Crippen MR) is 62.9 cm³/mol. The highest BCUT2D eigenvalue weighted by atomic mass is 19.1. The summed E-state index contributed by atoms with van der Waals surface area (Å²) in [6, 6.07) is 2.81. The van der Waals surface area contributed by atoms with Crippen LogP contribution in [0.5, 0.6) is 0 Å². The van der Waals surface area contributed by atoms with Gasteiger partial charge in [0.25, 0.3) is 0 Å².